The minimum absolute atomic E-state index is 0.0973. The normalized spacial score (nSPS) is 25.9. The predicted octanol–water partition coefficient (Wildman–Crippen LogP) is 1.34. The van der Waals surface area contributed by atoms with Crippen LogP contribution in [0.1, 0.15) is 12.0 Å². The third kappa shape index (κ3) is 4.62. The lowest BCUT2D eigenvalue weighted by Gasteiger charge is -2.34. The van der Waals surface area contributed by atoms with Gasteiger partial charge in [-0.3, -0.25) is 14.5 Å². The van der Waals surface area contributed by atoms with Crippen LogP contribution in [-0.2, 0) is 14.3 Å². The van der Waals surface area contributed by atoms with Gasteiger partial charge in [-0.25, -0.2) is 0 Å². The summed E-state index contributed by atoms with van der Waals surface area (Å²) in [5.41, 5.74) is 1.21. The lowest BCUT2D eigenvalue weighted by molar-refractivity contribution is -0.141. The predicted molar refractivity (Wildman–Crippen MR) is 107 cm³/mol. The van der Waals surface area contributed by atoms with Crippen molar-refractivity contribution in [1.82, 2.24) is 14.7 Å². The van der Waals surface area contributed by atoms with Gasteiger partial charge in [-0.2, -0.15) is 0 Å². The standard InChI is InChI=1S/C22H29N3O3/c26-21(19-17-20(19)22(27)25-13-15-28-16-14-25)24-11-9-23(10-12-24)8-4-7-18-5-2-1-3-6-18/h1-7,19-20H,8-17H2/b7-4+. The summed E-state index contributed by atoms with van der Waals surface area (Å²) in [4.78, 5) is 31.5. The molecule has 0 aromatic heterocycles. The van der Waals surface area contributed by atoms with E-state index >= 15 is 0 Å². The quantitative estimate of drug-likeness (QED) is 0.770. The number of carbonyl (C=O) groups is 2. The van der Waals surface area contributed by atoms with Gasteiger partial charge in [0.05, 0.1) is 25.0 Å². The van der Waals surface area contributed by atoms with Gasteiger partial charge in [0.25, 0.3) is 0 Å². The molecule has 6 heteroatoms. The van der Waals surface area contributed by atoms with Gasteiger partial charge in [-0.1, -0.05) is 42.5 Å². The van der Waals surface area contributed by atoms with E-state index in [1.54, 1.807) is 0 Å². The second-order valence-corrected chi connectivity index (χ2v) is 7.83. The Morgan fingerprint density at radius 1 is 0.893 bits per heavy atom. The first-order valence-electron chi connectivity index (χ1n) is 10.3. The minimum atomic E-state index is -0.0996. The first-order valence-corrected chi connectivity index (χ1v) is 10.3. The molecule has 150 valence electrons. The van der Waals surface area contributed by atoms with Gasteiger partial charge in [-0.05, 0) is 12.0 Å². The molecule has 2 saturated heterocycles. The summed E-state index contributed by atoms with van der Waals surface area (Å²) in [6.07, 6.45) is 5.04. The van der Waals surface area contributed by atoms with E-state index in [1.807, 2.05) is 28.0 Å². The Morgan fingerprint density at radius 3 is 2.14 bits per heavy atom. The molecule has 2 amide bonds. The Bertz CT molecular complexity index is 707. The van der Waals surface area contributed by atoms with Crippen LogP contribution >= 0.6 is 0 Å². The lowest BCUT2D eigenvalue weighted by atomic mass is 10.2. The van der Waals surface area contributed by atoms with Crippen LogP contribution < -0.4 is 0 Å². The van der Waals surface area contributed by atoms with Crippen molar-refractivity contribution in [2.24, 2.45) is 11.8 Å². The number of amides is 2. The Labute approximate surface area is 166 Å². The summed E-state index contributed by atoms with van der Waals surface area (Å²) in [5.74, 6) is 0.120. The fourth-order valence-electron chi connectivity index (χ4n) is 4.05. The number of rotatable bonds is 5. The molecule has 0 radical (unpaired) electrons. The second-order valence-electron chi connectivity index (χ2n) is 7.83. The van der Waals surface area contributed by atoms with Gasteiger partial charge in [0.15, 0.2) is 0 Å². The van der Waals surface area contributed by atoms with E-state index < -0.39 is 0 Å². The molecule has 2 unspecified atom stereocenters. The van der Waals surface area contributed by atoms with Crippen LogP contribution in [0.3, 0.4) is 0 Å². The maximum absolute atomic E-state index is 12.8. The van der Waals surface area contributed by atoms with Crippen molar-refractivity contribution in [3.05, 3.63) is 42.0 Å². The van der Waals surface area contributed by atoms with E-state index in [0.717, 1.165) is 39.1 Å². The van der Waals surface area contributed by atoms with Crippen molar-refractivity contribution < 1.29 is 14.3 Å². The molecule has 4 rings (SSSR count). The number of hydrogen-bond donors (Lipinski definition) is 0. The zero-order valence-corrected chi connectivity index (χ0v) is 16.3. The van der Waals surface area contributed by atoms with Crippen molar-refractivity contribution in [2.45, 2.75) is 6.42 Å². The average molecular weight is 383 g/mol. The Kier molecular flexibility index (Phi) is 6.07. The molecular weight excluding hydrogens is 354 g/mol. The molecule has 1 aliphatic carbocycles. The number of benzene rings is 1. The molecule has 2 heterocycles. The summed E-state index contributed by atoms with van der Waals surface area (Å²) in [7, 11) is 0. The topological polar surface area (TPSA) is 53.1 Å². The number of nitrogens with zero attached hydrogens (tertiary/aromatic N) is 3. The van der Waals surface area contributed by atoms with Crippen molar-refractivity contribution in [1.29, 1.82) is 0 Å². The van der Waals surface area contributed by atoms with Gasteiger partial charge in [0.1, 0.15) is 0 Å². The molecule has 0 spiro atoms. The van der Waals surface area contributed by atoms with Gasteiger partial charge in [0, 0.05) is 45.8 Å². The molecule has 2 atom stereocenters. The van der Waals surface area contributed by atoms with E-state index in [-0.39, 0.29) is 23.7 Å². The van der Waals surface area contributed by atoms with Crippen molar-refractivity contribution in [2.75, 3.05) is 59.0 Å². The van der Waals surface area contributed by atoms with Crippen LogP contribution in [0.15, 0.2) is 36.4 Å². The molecular formula is C22H29N3O3. The molecule has 3 fully saturated rings. The van der Waals surface area contributed by atoms with Crippen LogP contribution in [-0.4, -0.2) is 85.5 Å². The first-order chi connectivity index (χ1) is 13.7. The van der Waals surface area contributed by atoms with Gasteiger partial charge < -0.3 is 14.5 Å². The highest BCUT2D eigenvalue weighted by atomic mass is 16.5. The fraction of sp³-hybridized carbons (Fsp3) is 0.545. The van der Waals surface area contributed by atoms with E-state index in [0.29, 0.717) is 26.3 Å². The zero-order valence-electron chi connectivity index (χ0n) is 16.3. The largest absolute Gasteiger partial charge is 0.378 e. The van der Waals surface area contributed by atoms with Crippen molar-refractivity contribution >= 4 is 17.9 Å². The summed E-state index contributed by atoms with van der Waals surface area (Å²) in [5, 5.41) is 0. The SMILES string of the molecule is O=C(C1CC1C(=O)N1CCN(C/C=C/c2ccccc2)CC1)N1CCOCC1. The summed E-state index contributed by atoms with van der Waals surface area (Å²) in [6, 6.07) is 10.3. The minimum Gasteiger partial charge on any atom is -0.378 e. The number of hydrogen-bond acceptors (Lipinski definition) is 4. The molecule has 28 heavy (non-hydrogen) atoms. The maximum atomic E-state index is 12.8. The highest BCUT2D eigenvalue weighted by Gasteiger charge is 2.51. The van der Waals surface area contributed by atoms with Gasteiger partial charge in [0.2, 0.25) is 11.8 Å². The monoisotopic (exact) mass is 383 g/mol. The summed E-state index contributed by atoms with van der Waals surface area (Å²) < 4.78 is 5.30. The van der Waals surface area contributed by atoms with Crippen LogP contribution in [0.5, 0.6) is 0 Å². The number of ether oxygens (including phenoxy) is 1. The molecule has 0 N–H and O–H groups in total. The molecule has 2 aliphatic heterocycles. The van der Waals surface area contributed by atoms with Crippen molar-refractivity contribution in [3.63, 3.8) is 0 Å². The Hall–Kier alpha value is -2.18. The molecule has 1 aromatic carbocycles. The number of morpholine rings is 1. The van der Waals surface area contributed by atoms with Crippen LogP contribution in [0.25, 0.3) is 6.08 Å². The maximum Gasteiger partial charge on any atom is 0.226 e. The highest BCUT2D eigenvalue weighted by Crippen LogP contribution is 2.41. The third-order valence-corrected chi connectivity index (χ3v) is 5.91. The van der Waals surface area contributed by atoms with E-state index in [4.69, 9.17) is 4.74 Å². The first kappa shape index (κ1) is 19.2. The molecule has 6 nitrogen and oxygen atoms in total. The van der Waals surface area contributed by atoms with Crippen molar-refractivity contribution in [3.8, 4) is 0 Å². The van der Waals surface area contributed by atoms with Crippen LogP contribution in [0.4, 0.5) is 0 Å². The number of piperazine rings is 1. The van der Waals surface area contributed by atoms with E-state index in [9.17, 15) is 9.59 Å². The second kappa shape index (κ2) is 8.88. The smallest absolute Gasteiger partial charge is 0.226 e. The Morgan fingerprint density at radius 2 is 1.50 bits per heavy atom. The van der Waals surface area contributed by atoms with Gasteiger partial charge in [-0.15, -0.1) is 0 Å². The van der Waals surface area contributed by atoms with Crippen LogP contribution in [0.2, 0.25) is 0 Å². The molecule has 3 aliphatic rings. The third-order valence-electron chi connectivity index (χ3n) is 5.91. The average Bonchev–Trinajstić information content (AvgIpc) is 3.55. The number of carbonyl (C=O) groups excluding carboxylic acids is 2. The molecule has 1 aromatic rings. The zero-order chi connectivity index (χ0) is 19.3. The summed E-state index contributed by atoms with van der Waals surface area (Å²) in [6.45, 7) is 6.73. The van der Waals surface area contributed by atoms with Gasteiger partial charge >= 0.3 is 0 Å². The summed E-state index contributed by atoms with van der Waals surface area (Å²) >= 11 is 0. The van der Waals surface area contributed by atoms with E-state index in [1.165, 1.54) is 5.56 Å². The lowest BCUT2D eigenvalue weighted by Crippen LogP contribution is -2.49. The molecule has 0 bridgehead atoms. The fourth-order valence-corrected chi connectivity index (χ4v) is 4.05. The highest BCUT2D eigenvalue weighted by molar-refractivity contribution is 5.92. The molecule has 1 saturated carbocycles. The van der Waals surface area contributed by atoms with Crippen LogP contribution in [0, 0.1) is 11.8 Å². The van der Waals surface area contributed by atoms with E-state index in [2.05, 4.69) is 29.2 Å². The Balaban J connectivity index is 1.19.